The first-order valence-electron chi connectivity index (χ1n) is 11.7. The van der Waals surface area contributed by atoms with E-state index in [1.807, 2.05) is 19.1 Å². The van der Waals surface area contributed by atoms with Gasteiger partial charge in [0.15, 0.2) is 5.78 Å². The molecule has 1 aromatic carbocycles. The molecule has 0 unspecified atom stereocenters. The molecule has 2 atom stereocenters. The summed E-state index contributed by atoms with van der Waals surface area (Å²) in [7, 11) is 0. The maximum Gasteiger partial charge on any atom is 0.255 e. The molecule has 0 fully saturated rings. The van der Waals surface area contributed by atoms with Crippen LogP contribution < -0.4 is 15.5 Å². The largest absolute Gasteiger partial charge is 0.372 e. The summed E-state index contributed by atoms with van der Waals surface area (Å²) in [6, 6.07) is 13.7. The molecule has 2 heterocycles. The Kier molecular flexibility index (Phi) is 6.63. The zero-order chi connectivity index (χ0) is 23.5. The lowest BCUT2D eigenvalue weighted by atomic mass is 9.73. The van der Waals surface area contributed by atoms with E-state index in [0.29, 0.717) is 17.8 Å². The number of pyridine rings is 1. The third kappa shape index (κ3) is 4.56. The summed E-state index contributed by atoms with van der Waals surface area (Å²) in [5, 5.41) is 6.31. The third-order valence-corrected chi connectivity index (χ3v) is 6.54. The fraction of sp³-hybridized carbons (Fsp3) is 0.370. The number of amides is 1. The van der Waals surface area contributed by atoms with Crippen molar-refractivity contribution < 1.29 is 9.59 Å². The van der Waals surface area contributed by atoms with Crippen molar-refractivity contribution in [2.24, 2.45) is 5.92 Å². The van der Waals surface area contributed by atoms with Crippen LogP contribution in [-0.4, -0.2) is 29.8 Å². The zero-order valence-electron chi connectivity index (χ0n) is 19.8. The molecule has 0 saturated carbocycles. The highest BCUT2D eigenvalue weighted by Gasteiger charge is 2.39. The highest BCUT2D eigenvalue weighted by molar-refractivity contribution is 6.09. The van der Waals surface area contributed by atoms with Crippen LogP contribution in [0.25, 0.3) is 0 Å². The molecule has 1 aromatic heterocycles. The van der Waals surface area contributed by atoms with Gasteiger partial charge in [-0.1, -0.05) is 25.1 Å². The molecule has 1 aliphatic heterocycles. The van der Waals surface area contributed by atoms with Gasteiger partial charge in [0.05, 0.1) is 0 Å². The van der Waals surface area contributed by atoms with Crippen molar-refractivity contribution in [3.63, 3.8) is 0 Å². The first-order valence-corrected chi connectivity index (χ1v) is 11.7. The molecular weight excluding hydrogens is 412 g/mol. The number of rotatable bonds is 6. The van der Waals surface area contributed by atoms with Gasteiger partial charge in [-0.25, -0.2) is 4.98 Å². The number of ketones is 1. The Balaban J connectivity index is 1.77. The SMILES string of the molecule is CCN(CC)c1ccc([C@@H]2C(C(=O)Nc3ccccn3)=C(C)NC3=C2C(=O)C[C@H](C)C3)cc1. The average molecular weight is 445 g/mol. The molecule has 2 aromatic rings. The number of carbonyl (C=O) groups is 2. The lowest BCUT2D eigenvalue weighted by molar-refractivity contribution is -0.117. The Bertz CT molecular complexity index is 1100. The van der Waals surface area contributed by atoms with Crippen molar-refractivity contribution in [3.8, 4) is 0 Å². The van der Waals surface area contributed by atoms with E-state index in [2.05, 4.69) is 65.6 Å². The lowest BCUT2D eigenvalue weighted by Gasteiger charge is -2.36. The second-order valence-electron chi connectivity index (χ2n) is 8.86. The third-order valence-electron chi connectivity index (χ3n) is 6.54. The number of allylic oxidation sites excluding steroid dienone is 3. The van der Waals surface area contributed by atoms with Gasteiger partial charge in [-0.05, 0) is 62.9 Å². The number of hydrogen-bond acceptors (Lipinski definition) is 5. The molecule has 33 heavy (non-hydrogen) atoms. The zero-order valence-corrected chi connectivity index (χ0v) is 19.8. The second kappa shape index (κ2) is 9.61. The van der Waals surface area contributed by atoms with E-state index in [4.69, 9.17) is 0 Å². The monoisotopic (exact) mass is 444 g/mol. The summed E-state index contributed by atoms with van der Waals surface area (Å²) < 4.78 is 0. The average Bonchev–Trinajstić information content (AvgIpc) is 2.80. The summed E-state index contributed by atoms with van der Waals surface area (Å²) in [6.45, 7) is 10.1. The van der Waals surface area contributed by atoms with Crippen LogP contribution in [0.3, 0.4) is 0 Å². The minimum Gasteiger partial charge on any atom is -0.372 e. The van der Waals surface area contributed by atoms with Gasteiger partial charge >= 0.3 is 0 Å². The Morgan fingerprint density at radius 3 is 2.48 bits per heavy atom. The number of dihydropyridines is 1. The van der Waals surface area contributed by atoms with Crippen LogP contribution in [0.1, 0.15) is 52.0 Å². The van der Waals surface area contributed by atoms with Crippen molar-refractivity contribution >= 4 is 23.2 Å². The Morgan fingerprint density at radius 1 is 1.12 bits per heavy atom. The summed E-state index contributed by atoms with van der Waals surface area (Å²) in [4.78, 5) is 33.2. The van der Waals surface area contributed by atoms with Crippen molar-refractivity contribution in [2.75, 3.05) is 23.3 Å². The van der Waals surface area contributed by atoms with Crippen LogP contribution >= 0.6 is 0 Å². The van der Waals surface area contributed by atoms with Crippen LogP contribution in [0.4, 0.5) is 11.5 Å². The summed E-state index contributed by atoms with van der Waals surface area (Å²) >= 11 is 0. The second-order valence-corrected chi connectivity index (χ2v) is 8.86. The van der Waals surface area contributed by atoms with E-state index in [0.717, 1.165) is 47.7 Å². The Hall–Kier alpha value is -3.41. The number of Topliss-reactive ketones (excluding diaryl/α,β-unsaturated/α-hetero) is 1. The quantitative estimate of drug-likeness (QED) is 0.671. The number of carbonyl (C=O) groups excluding carboxylic acids is 2. The number of nitrogens with zero attached hydrogens (tertiary/aromatic N) is 2. The smallest absolute Gasteiger partial charge is 0.255 e. The Morgan fingerprint density at radius 2 is 1.85 bits per heavy atom. The molecule has 0 spiro atoms. The fourth-order valence-corrected chi connectivity index (χ4v) is 4.95. The topological polar surface area (TPSA) is 74.3 Å². The molecule has 0 saturated heterocycles. The fourth-order valence-electron chi connectivity index (χ4n) is 4.95. The van der Waals surface area contributed by atoms with E-state index in [-0.39, 0.29) is 17.6 Å². The van der Waals surface area contributed by atoms with Gasteiger partial charge in [-0.3, -0.25) is 9.59 Å². The van der Waals surface area contributed by atoms with Gasteiger partial charge in [0, 0.05) is 59.9 Å². The Labute approximate surface area is 195 Å². The standard InChI is InChI=1S/C27H32N4O2/c1-5-31(6-2)20-12-10-19(11-13-20)25-24(27(33)30-23-9-7-8-14-28-23)18(4)29-21-15-17(3)16-22(32)26(21)25/h7-14,17,25,29H,5-6,15-16H2,1-4H3,(H,28,30,33)/t17-,25-/m1/s1. The highest BCUT2D eigenvalue weighted by atomic mass is 16.2. The van der Waals surface area contributed by atoms with E-state index in [1.165, 1.54) is 0 Å². The molecule has 2 aliphatic rings. The molecule has 4 rings (SSSR count). The normalized spacial score (nSPS) is 20.3. The minimum absolute atomic E-state index is 0.115. The number of anilines is 2. The van der Waals surface area contributed by atoms with Gasteiger partial charge in [0.25, 0.3) is 5.91 Å². The van der Waals surface area contributed by atoms with Crippen molar-refractivity contribution in [1.29, 1.82) is 0 Å². The van der Waals surface area contributed by atoms with E-state index in [9.17, 15) is 9.59 Å². The highest BCUT2D eigenvalue weighted by Crippen LogP contribution is 2.43. The van der Waals surface area contributed by atoms with Crippen molar-refractivity contribution in [3.05, 3.63) is 76.8 Å². The van der Waals surface area contributed by atoms with E-state index >= 15 is 0 Å². The van der Waals surface area contributed by atoms with Gasteiger partial charge in [-0.15, -0.1) is 0 Å². The molecule has 6 heteroatoms. The molecule has 172 valence electrons. The van der Waals surface area contributed by atoms with Crippen LogP contribution in [0, 0.1) is 5.92 Å². The number of benzene rings is 1. The summed E-state index contributed by atoms with van der Waals surface area (Å²) in [5.41, 5.74) is 5.10. The van der Waals surface area contributed by atoms with Crippen LogP contribution in [0.2, 0.25) is 0 Å². The predicted molar refractivity (Wildman–Crippen MR) is 132 cm³/mol. The van der Waals surface area contributed by atoms with E-state index < -0.39 is 5.92 Å². The maximum absolute atomic E-state index is 13.5. The van der Waals surface area contributed by atoms with Gasteiger partial charge in [-0.2, -0.15) is 0 Å². The number of nitrogens with one attached hydrogen (secondary N) is 2. The molecule has 2 N–H and O–H groups in total. The van der Waals surface area contributed by atoms with Crippen LogP contribution in [0.5, 0.6) is 0 Å². The molecular formula is C27H32N4O2. The van der Waals surface area contributed by atoms with Gasteiger partial charge in [0.2, 0.25) is 0 Å². The van der Waals surface area contributed by atoms with Gasteiger partial charge in [0.1, 0.15) is 5.82 Å². The summed E-state index contributed by atoms with van der Waals surface area (Å²) in [5.74, 6) is 0.239. The molecule has 1 aliphatic carbocycles. The molecule has 0 radical (unpaired) electrons. The van der Waals surface area contributed by atoms with Crippen molar-refractivity contribution in [1.82, 2.24) is 10.3 Å². The first kappa shape index (κ1) is 22.8. The summed E-state index contributed by atoms with van der Waals surface area (Å²) in [6.07, 6.45) is 2.95. The lowest BCUT2D eigenvalue weighted by Crippen LogP contribution is -2.37. The van der Waals surface area contributed by atoms with Crippen molar-refractivity contribution in [2.45, 2.75) is 46.5 Å². The first-order chi connectivity index (χ1) is 15.9. The number of aromatic nitrogens is 1. The van der Waals surface area contributed by atoms with Crippen LogP contribution in [0.15, 0.2) is 71.2 Å². The van der Waals surface area contributed by atoms with Gasteiger partial charge < -0.3 is 15.5 Å². The maximum atomic E-state index is 13.5. The number of hydrogen-bond donors (Lipinski definition) is 2. The van der Waals surface area contributed by atoms with E-state index in [1.54, 1.807) is 12.3 Å². The molecule has 1 amide bonds. The predicted octanol–water partition coefficient (Wildman–Crippen LogP) is 4.78. The molecule has 6 nitrogen and oxygen atoms in total. The van der Waals surface area contributed by atoms with Crippen LogP contribution in [-0.2, 0) is 9.59 Å². The minimum atomic E-state index is -0.407. The molecule has 0 bridgehead atoms.